The molecule has 0 atom stereocenters. The molecule has 0 amide bonds. The summed E-state index contributed by atoms with van der Waals surface area (Å²) in [5, 5.41) is 3.63. The van der Waals surface area contributed by atoms with Crippen molar-refractivity contribution in [2.24, 2.45) is 0 Å². The Morgan fingerprint density at radius 2 is 1.69 bits per heavy atom. The van der Waals surface area contributed by atoms with E-state index in [1.54, 1.807) is 0 Å². The molecule has 0 unspecified atom stereocenters. The Kier molecular flexibility index (Phi) is 11.4. The third-order valence-electron chi connectivity index (χ3n) is 7.66. The fourth-order valence-corrected chi connectivity index (χ4v) is 6.53. The van der Waals surface area contributed by atoms with E-state index < -0.39 is 21.6 Å². The van der Waals surface area contributed by atoms with Gasteiger partial charge < -0.3 is 14.8 Å². The molecule has 2 N–H and O–H groups in total. The maximum atomic E-state index is 12.4. The van der Waals surface area contributed by atoms with E-state index in [2.05, 4.69) is 81.5 Å². The zero-order chi connectivity index (χ0) is 30.1. The molecular weight excluding hydrogens is 637 g/mol. The molecule has 4 aromatic carbocycles. The number of nitrogens with one attached hydrogen (secondary N) is 1. The molecule has 0 aliphatic carbocycles. The van der Waals surface area contributed by atoms with Crippen LogP contribution in [0.4, 0.5) is 5.69 Å². The van der Waals surface area contributed by atoms with E-state index in [1.807, 2.05) is 24.3 Å². The Labute approximate surface area is 261 Å². The van der Waals surface area contributed by atoms with Gasteiger partial charge in [0.25, 0.3) is 0 Å². The molecule has 4 aromatic rings. The summed E-state index contributed by atoms with van der Waals surface area (Å²) in [7, 11) is 1.44. The van der Waals surface area contributed by atoms with Gasteiger partial charge in [-0.25, -0.2) is 0 Å². The van der Waals surface area contributed by atoms with Crippen LogP contribution in [-0.2, 0) is 29.1 Å². The van der Waals surface area contributed by atoms with E-state index in [0.717, 1.165) is 55.8 Å². The van der Waals surface area contributed by atoms with Gasteiger partial charge in [-0.05, 0) is 77.4 Å². The third kappa shape index (κ3) is 7.53. The van der Waals surface area contributed by atoms with Crippen LogP contribution in [-0.4, -0.2) is 20.9 Å². The number of rotatable bonds is 9. The normalized spacial score (nSPS) is 11.5. The van der Waals surface area contributed by atoms with E-state index in [4.69, 9.17) is 12.9 Å². The standard InChI is InChI=1S/C32H31NO3.C4H11IO/c1-20-10-12-24(13-11-20)30-22(3)31-28-16-26(36-19-23-8-6-5-7-9-23)15-14-25(28)18-33-32(31)21(2)27(30)17-29(34)35-4;1-2-3-4-5-6/h5-16,33H,17-19H2,1-4H3;5-6H,2-4H2,1H3. The first-order valence-corrected chi connectivity index (χ1v) is 17.2. The summed E-state index contributed by atoms with van der Waals surface area (Å²) in [6.45, 7) is 9.73. The van der Waals surface area contributed by atoms with Gasteiger partial charge in [-0.3, -0.25) is 4.79 Å². The molecule has 5 rings (SSSR count). The van der Waals surface area contributed by atoms with Crippen LogP contribution in [0.3, 0.4) is 0 Å². The molecule has 1 heterocycles. The van der Waals surface area contributed by atoms with E-state index in [0.29, 0.717) is 6.61 Å². The Morgan fingerprint density at radius 3 is 2.33 bits per heavy atom. The summed E-state index contributed by atoms with van der Waals surface area (Å²) in [4.78, 5) is 12.4. The predicted octanol–water partition coefficient (Wildman–Crippen LogP) is 8.56. The number of fused-ring (bicyclic) bond motifs is 3. The number of halogens is 1. The molecule has 1 aliphatic heterocycles. The van der Waals surface area contributed by atoms with Crippen molar-refractivity contribution in [2.75, 3.05) is 16.9 Å². The van der Waals surface area contributed by atoms with Gasteiger partial charge in [-0.15, -0.1) is 0 Å². The predicted molar refractivity (Wildman–Crippen MR) is 183 cm³/mol. The number of carbonyl (C=O) groups is 1. The molecule has 0 fully saturated rings. The Hall–Kier alpha value is -3.36. The van der Waals surface area contributed by atoms with Gasteiger partial charge in [0.1, 0.15) is 12.4 Å². The minimum atomic E-state index is -0.536. The number of esters is 1. The van der Waals surface area contributed by atoms with Gasteiger partial charge in [0, 0.05) is 17.8 Å². The molecule has 0 saturated heterocycles. The number of methoxy groups -OCH3 is 1. The van der Waals surface area contributed by atoms with Gasteiger partial charge >= 0.3 is 55.2 Å². The Bertz CT molecular complexity index is 1500. The summed E-state index contributed by atoms with van der Waals surface area (Å²) in [6, 6.07) is 25.1. The summed E-state index contributed by atoms with van der Waals surface area (Å²) in [6.07, 6.45) is 2.68. The molecule has 0 saturated carbocycles. The van der Waals surface area contributed by atoms with Crippen molar-refractivity contribution in [2.45, 2.75) is 60.1 Å². The van der Waals surface area contributed by atoms with Crippen LogP contribution >= 0.6 is 21.6 Å². The third-order valence-corrected chi connectivity index (χ3v) is 9.01. The molecular formula is C36H42INO4. The summed E-state index contributed by atoms with van der Waals surface area (Å²) in [5.74, 6) is 0.608. The largest absolute Gasteiger partial charge is 0.489 e. The van der Waals surface area contributed by atoms with Crippen molar-refractivity contribution in [3.8, 4) is 28.0 Å². The van der Waals surface area contributed by atoms with Crippen LogP contribution in [0.2, 0.25) is 0 Å². The summed E-state index contributed by atoms with van der Waals surface area (Å²) >= 11 is -0.536. The van der Waals surface area contributed by atoms with Gasteiger partial charge in [0.15, 0.2) is 0 Å². The number of ether oxygens (including phenoxy) is 2. The smallest absolute Gasteiger partial charge is 0.310 e. The fraction of sp³-hybridized carbons (Fsp3) is 0.306. The monoisotopic (exact) mass is 679 g/mol. The second-order valence-electron chi connectivity index (χ2n) is 10.6. The van der Waals surface area contributed by atoms with Crippen LogP contribution in [0.15, 0.2) is 72.8 Å². The molecule has 0 radical (unpaired) electrons. The fourth-order valence-electron chi connectivity index (χ4n) is 5.34. The first-order valence-electron chi connectivity index (χ1n) is 14.5. The number of benzene rings is 4. The van der Waals surface area contributed by atoms with Crippen molar-refractivity contribution in [1.82, 2.24) is 0 Å². The Morgan fingerprint density at radius 1 is 0.952 bits per heavy atom. The molecule has 1 aliphatic rings. The quantitative estimate of drug-likeness (QED) is 0.0804. The first kappa shape index (κ1) is 31.6. The Balaban J connectivity index is 0.000000612. The van der Waals surface area contributed by atoms with Crippen molar-refractivity contribution in [3.05, 3.63) is 106 Å². The van der Waals surface area contributed by atoms with E-state index in [1.165, 1.54) is 42.2 Å². The SMILES string of the molecule is CCCC[IH]O.COC(=O)Cc1c(C)c2c(c(C)c1-c1ccc(C)cc1)-c1cc(OCc3ccccc3)ccc1CN2. The van der Waals surface area contributed by atoms with Crippen LogP contribution in [0, 0.1) is 20.8 Å². The molecule has 42 heavy (non-hydrogen) atoms. The first-order chi connectivity index (χ1) is 20.4. The minimum Gasteiger partial charge on any atom is -0.489 e. The molecule has 0 spiro atoms. The van der Waals surface area contributed by atoms with E-state index >= 15 is 0 Å². The minimum absolute atomic E-state index is 0.231. The van der Waals surface area contributed by atoms with Gasteiger partial charge in [-0.1, -0.05) is 66.2 Å². The average molecular weight is 680 g/mol. The van der Waals surface area contributed by atoms with Gasteiger partial charge in [-0.2, -0.15) is 0 Å². The van der Waals surface area contributed by atoms with Crippen molar-refractivity contribution in [3.63, 3.8) is 0 Å². The topological polar surface area (TPSA) is 67.8 Å². The van der Waals surface area contributed by atoms with Gasteiger partial charge in [0.05, 0.1) is 13.5 Å². The average Bonchev–Trinajstić information content (AvgIpc) is 3.02. The van der Waals surface area contributed by atoms with Crippen molar-refractivity contribution in [1.29, 1.82) is 0 Å². The van der Waals surface area contributed by atoms with E-state index in [-0.39, 0.29) is 12.4 Å². The van der Waals surface area contributed by atoms with Crippen LogP contribution in [0.5, 0.6) is 5.75 Å². The molecule has 0 aromatic heterocycles. The zero-order valence-electron chi connectivity index (χ0n) is 25.3. The maximum Gasteiger partial charge on any atom is 0.310 e. The molecule has 6 heteroatoms. The van der Waals surface area contributed by atoms with Crippen LogP contribution in [0.25, 0.3) is 22.3 Å². The number of alkyl halides is 1. The van der Waals surface area contributed by atoms with Gasteiger partial charge in [0.2, 0.25) is 0 Å². The molecule has 5 nitrogen and oxygen atoms in total. The second kappa shape index (κ2) is 15.2. The van der Waals surface area contributed by atoms with E-state index in [9.17, 15) is 4.79 Å². The second-order valence-corrected chi connectivity index (χ2v) is 12.5. The number of hydrogen-bond acceptors (Lipinski definition) is 5. The molecule has 0 bridgehead atoms. The summed E-state index contributed by atoms with van der Waals surface area (Å²) < 4.78 is 20.7. The van der Waals surface area contributed by atoms with Crippen LogP contribution < -0.4 is 10.1 Å². The number of aryl methyl sites for hydroxylation is 1. The molecule has 222 valence electrons. The van der Waals surface area contributed by atoms with Crippen molar-refractivity contribution >= 4 is 33.3 Å². The zero-order valence-corrected chi connectivity index (χ0v) is 27.6. The van der Waals surface area contributed by atoms with Crippen LogP contribution in [0.1, 0.15) is 53.1 Å². The number of hydrogen-bond donors (Lipinski definition) is 2. The number of carbonyl (C=O) groups excluding carboxylic acids is 1. The van der Waals surface area contributed by atoms with Crippen molar-refractivity contribution < 1.29 is 17.7 Å². The summed E-state index contributed by atoms with van der Waals surface area (Å²) in [5.41, 5.74) is 12.4. The maximum absolute atomic E-state index is 12.4. The number of anilines is 1. The number of unbranched alkanes of at least 4 members (excludes halogenated alkanes) is 1.